The van der Waals surface area contributed by atoms with E-state index in [9.17, 15) is 40.6 Å². The summed E-state index contributed by atoms with van der Waals surface area (Å²) in [6.07, 6.45) is 4.90. The van der Waals surface area contributed by atoms with Crippen LogP contribution in [0.4, 0.5) is 11.4 Å². The number of carbonyl (C=O) groups is 2. The first kappa shape index (κ1) is 39.1. The summed E-state index contributed by atoms with van der Waals surface area (Å²) < 4.78 is 72.8. The van der Waals surface area contributed by atoms with Gasteiger partial charge >= 0.3 is 5.97 Å². The highest BCUT2D eigenvalue weighted by Crippen LogP contribution is 2.53. The molecule has 3 aliphatic rings. The van der Waals surface area contributed by atoms with Crippen LogP contribution in [0.2, 0.25) is 0 Å². The molecule has 0 amide bonds. The van der Waals surface area contributed by atoms with E-state index in [1.165, 1.54) is 12.1 Å². The molecule has 12 nitrogen and oxygen atoms in total. The van der Waals surface area contributed by atoms with Crippen molar-refractivity contribution in [3.63, 3.8) is 0 Å². The van der Waals surface area contributed by atoms with Crippen LogP contribution in [-0.4, -0.2) is 71.3 Å². The summed E-state index contributed by atoms with van der Waals surface area (Å²) in [7, 11) is -9.22. The largest absolute Gasteiger partial charge is 0.506 e. The molecule has 2 aliphatic heterocycles. The third-order valence-corrected chi connectivity index (χ3v) is 13.2. The number of unbranched alkanes of at least 4 members (excludes halogenated alkanes) is 2. The van der Waals surface area contributed by atoms with E-state index in [4.69, 9.17) is 5.11 Å². The number of aliphatic carboxylic acids is 1. The number of Topliss-reactive ketones (excluding diaryl/α,β-unsaturated/α-hetero) is 1. The van der Waals surface area contributed by atoms with E-state index >= 15 is 0 Å². The fourth-order valence-electron chi connectivity index (χ4n) is 8.59. The number of aliphatic hydroxyl groups is 1. The van der Waals surface area contributed by atoms with Crippen molar-refractivity contribution in [1.29, 1.82) is 0 Å². The topological polar surface area (TPSA) is 190 Å². The van der Waals surface area contributed by atoms with Crippen LogP contribution in [0.25, 0.3) is 21.5 Å². The zero-order chi connectivity index (χ0) is 40.7. The van der Waals surface area contributed by atoms with E-state index in [0.29, 0.717) is 82.1 Å². The number of likely N-dealkylation sites (N-methyl/N-ethyl adjacent to an activating group) is 1. The molecule has 7 rings (SSSR count). The second-order valence-electron chi connectivity index (χ2n) is 15.5. The first-order valence-electron chi connectivity index (χ1n) is 18.3. The Labute approximate surface area is 325 Å². The molecule has 0 fully saturated rings. The molecule has 1 aliphatic carbocycles. The van der Waals surface area contributed by atoms with Crippen molar-refractivity contribution in [3.8, 4) is 0 Å². The number of hydrogen-bond donors (Lipinski definition) is 4. The second-order valence-corrected chi connectivity index (χ2v) is 18.3. The summed E-state index contributed by atoms with van der Waals surface area (Å²) in [5.41, 5.74) is 2.28. The highest BCUT2D eigenvalue weighted by atomic mass is 32.2. The normalized spacial score (nSPS) is 19.1. The fourth-order valence-corrected chi connectivity index (χ4v) is 10.0. The van der Waals surface area contributed by atoms with Crippen LogP contribution < -0.4 is 4.90 Å². The van der Waals surface area contributed by atoms with Crippen LogP contribution in [-0.2, 0) is 40.7 Å². The van der Waals surface area contributed by atoms with Gasteiger partial charge in [0.2, 0.25) is 11.5 Å². The smallest absolute Gasteiger partial charge is 0.303 e. The summed E-state index contributed by atoms with van der Waals surface area (Å²) in [5, 5.41) is 22.7. The second kappa shape index (κ2) is 13.5. The summed E-state index contributed by atoms with van der Waals surface area (Å²) in [5.74, 6) is -1.55. The molecule has 292 valence electrons. The van der Waals surface area contributed by atoms with Gasteiger partial charge in [-0.1, -0.05) is 56.3 Å². The summed E-state index contributed by atoms with van der Waals surface area (Å²) in [6.45, 7) is 10.3. The van der Waals surface area contributed by atoms with Gasteiger partial charge in [-0.3, -0.25) is 18.7 Å². The van der Waals surface area contributed by atoms with Crippen LogP contribution in [0.15, 0.2) is 105 Å². The van der Waals surface area contributed by atoms with Crippen LogP contribution in [0.1, 0.15) is 71.4 Å². The summed E-state index contributed by atoms with van der Waals surface area (Å²) in [4.78, 5) is 26.8. The Morgan fingerprint density at radius 3 is 1.89 bits per heavy atom. The summed E-state index contributed by atoms with van der Waals surface area (Å²) >= 11 is 0. The van der Waals surface area contributed by atoms with Crippen LogP contribution in [0, 0.1) is 0 Å². The lowest BCUT2D eigenvalue weighted by atomic mass is 9.77. The van der Waals surface area contributed by atoms with Crippen molar-refractivity contribution in [1.82, 2.24) is 0 Å². The maximum absolute atomic E-state index is 14.1. The Bertz CT molecular complexity index is 2770. The third-order valence-electron chi connectivity index (χ3n) is 11.4. The minimum absolute atomic E-state index is 0.0179. The average molecular weight is 800 g/mol. The Kier molecular flexibility index (Phi) is 9.43. The van der Waals surface area contributed by atoms with Gasteiger partial charge in [-0.25, -0.2) is 0 Å². The van der Waals surface area contributed by atoms with Gasteiger partial charge in [0.1, 0.15) is 22.1 Å². The minimum Gasteiger partial charge on any atom is -0.506 e. The highest BCUT2D eigenvalue weighted by molar-refractivity contribution is 7.86. The molecule has 0 radical (unpaired) electrons. The third kappa shape index (κ3) is 6.15. The van der Waals surface area contributed by atoms with Gasteiger partial charge in [0.05, 0.1) is 27.6 Å². The number of nitrogens with zero attached hydrogens (tertiary/aromatic N) is 2. The number of carbonyl (C=O) groups excluding carboxylic acids is 1. The lowest BCUT2D eigenvalue weighted by Gasteiger charge is -2.28. The van der Waals surface area contributed by atoms with Gasteiger partial charge < -0.3 is 15.1 Å². The molecule has 0 aromatic heterocycles. The number of anilines is 1. The lowest BCUT2D eigenvalue weighted by molar-refractivity contribution is -0.436. The van der Waals surface area contributed by atoms with Crippen LogP contribution >= 0.6 is 0 Å². The Morgan fingerprint density at radius 1 is 0.786 bits per heavy atom. The van der Waals surface area contributed by atoms with E-state index in [1.54, 1.807) is 60.7 Å². The van der Waals surface area contributed by atoms with Crippen molar-refractivity contribution < 1.29 is 50.3 Å². The molecule has 0 atom stereocenters. The first-order valence-corrected chi connectivity index (χ1v) is 21.2. The SMILES string of the molecule is CCN1C(=CC2=C(O)C(=CC3=[N+](CCCCCC(=O)O)c4c(cc(S(=O)(=O)O)c5ccccc45)C3(C)C)C2=O)C(C)(C)c2cc(S(=O)(=O)O)c3ccccc3c21. The van der Waals surface area contributed by atoms with Crippen LogP contribution in [0.3, 0.4) is 0 Å². The Morgan fingerprint density at radius 2 is 1.34 bits per heavy atom. The molecule has 4 N–H and O–H groups in total. The fraction of sp³-hybridized carbons (Fsp3) is 0.310. The molecule has 0 unspecified atom stereocenters. The predicted octanol–water partition coefficient (Wildman–Crippen LogP) is 7.53. The Balaban J connectivity index is 1.37. The van der Waals surface area contributed by atoms with E-state index in [-0.39, 0.29) is 33.1 Å². The molecule has 0 spiro atoms. The number of aliphatic hydroxyl groups excluding tert-OH is 1. The van der Waals surface area contributed by atoms with Crippen molar-refractivity contribution in [2.75, 3.05) is 18.0 Å². The Hall–Kier alpha value is -5.15. The van der Waals surface area contributed by atoms with E-state index in [0.717, 1.165) is 5.69 Å². The summed E-state index contributed by atoms with van der Waals surface area (Å²) in [6, 6.07) is 16.7. The van der Waals surface area contributed by atoms with Gasteiger partial charge in [0.25, 0.3) is 20.2 Å². The lowest BCUT2D eigenvalue weighted by Crippen LogP contribution is -2.32. The quantitative estimate of drug-likeness (QED) is 0.0508. The number of carboxylic acid groups (broad SMARTS) is 1. The maximum atomic E-state index is 14.1. The highest BCUT2D eigenvalue weighted by Gasteiger charge is 2.49. The average Bonchev–Trinajstić information content (AvgIpc) is 3.48. The van der Waals surface area contributed by atoms with Crippen molar-refractivity contribution in [2.45, 2.75) is 80.9 Å². The number of fused-ring (bicyclic) bond motifs is 6. The monoisotopic (exact) mass is 799 g/mol. The molecular weight excluding hydrogens is 757 g/mol. The standard InChI is InChI=1S/C42H42N2O10S2/c1-6-43-34(41(2,3)30-22-32(55(49,50)51)24-14-9-11-16-26(24)37(30)43)20-28-39(47)29(40(28)48)21-35-42(4,5)31-23-33(56(52,53)54)25-15-10-12-17-27(25)38(31)44(35)19-13-7-8-18-36(45)46/h9-12,14-17,20-23H,6-8,13,18-19H2,1-5H3,(H3-,45,46,47,48,49,50,51,52,53,54)/p+1. The van der Waals surface area contributed by atoms with Gasteiger partial charge in [-0.15, -0.1) is 0 Å². The zero-order valence-corrected chi connectivity index (χ0v) is 33.3. The number of rotatable bonds is 11. The number of allylic oxidation sites excluding steroid dienone is 5. The van der Waals surface area contributed by atoms with Gasteiger partial charge in [0, 0.05) is 58.3 Å². The zero-order valence-electron chi connectivity index (χ0n) is 31.6. The molecular formula is C42H43N2O10S2+. The van der Waals surface area contributed by atoms with E-state index < -0.39 is 42.8 Å². The maximum Gasteiger partial charge on any atom is 0.303 e. The van der Waals surface area contributed by atoms with Crippen molar-refractivity contribution in [3.05, 3.63) is 107 Å². The number of carboxylic acids is 1. The molecule has 0 bridgehead atoms. The first-order chi connectivity index (χ1) is 26.2. The number of benzene rings is 4. The molecule has 0 saturated carbocycles. The van der Waals surface area contributed by atoms with Gasteiger partial charge in [0.15, 0.2) is 5.71 Å². The van der Waals surface area contributed by atoms with Crippen molar-refractivity contribution in [2.24, 2.45) is 0 Å². The molecule has 14 heteroatoms. The minimum atomic E-state index is -4.63. The molecule has 4 aromatic carbocycles. The van der Waals surface area contributed by atoms with E-state index in [2.05, 4.69) is 0 Å². The molecule has 56 heavy (non-hydrogen) atoms. The van der Waals surface area contributed by atoms with Gasteiger partial charge in [-0.05, 0) is 63.5 Å². The molecule has 4 aromatic rings. The van der Waals surface area contributed by atoms with Gasteiger partial charge in [-0.2, -0.15) is 21.4 Å². The molecule has 0 saturated heterocycles. The number of hydrogen-bond acceptors (Lipinski definition) is 8. The number of ketones is 1. The van der Waals surface area contributed by atoms with Crippen LogP contribution in [0.5, 0.6) is 0 Å². The van der Waals surface area contributed by atoms with E-state index in [1.807, 2.05) is 44.1 Å². The predicted molar refractivity (Wildman–Crippen MR) is 213 cm³/mol. The van der Waals surface area contributed by atoms with Crippen molar-refractivity contribution >= 4 is 70.6 Å². The molecule has 2 heterocycles.